The highest BCUT2D eigenvalue weighted by Crippen LogP contribution is 2.49. The largest absolute Gasteiger partial charge is 0.0616 e. The van der Waals surface area contributed by atoms with Gasteiger partial charge in [0.25, 0.3) is 0 Å². The van der Waals surface area contributed by atoms with Gasteiger partial charge in [-0.05, 0) is 60.3 Å². The van der Waals surface area contributed by atoms with Gasteiger partial charge < -0.3 is 0 Å². The van der Waals surface area contributed by atoms with E-state index >= 15 is 0 Å². The summed E-state index contributed by atoms with van der Waals surface area (Å²) in [5.41, 5.74) is 2.78. The third kappa shape index (κ3) is 1.09. The van der Waals surface area contributed by atoms with Crippen molar-refractivity contribution in [3.63, 3.8) is 0 Å². The smallest absolute Gasteiger partial charge is 0.00137 e. The van der Waals surface area contributed by atoms with Crippen LogP contribution in [0.15, 0.2) is 72.8 Å². The summed E-state index contributed by atoms with van der Waals surface area (Å²) in [4.78, 5) is 0. The zero-order chi connectivity index (χ0) is 14.3. The van der Waals surface area contributed by atoms with Gasteiger partial charge in [0.2, 0.25) is 0 Å². The highest BCUT2D eigenvalue weighted by Gasteiger charge is 2.21. The van der Waals surface area contributed by atoms with Crippen LogP contribution in [0.25, 0.3) is 54.2 Å². The van der Waals surface area contributed by atoms with Crippen LogP contribution >= 0.6 is 0 Å². The van der Waals surface area contributed by atoms with Crippen LogP contribution in [-0.4, -0.2) is 0 Å². The van der Waals surface area contributed by atoms with Gasteiger partial charge >= 0.3 is 0 Å². The van der Waals surface area contributed by atoms with Gasteiger partial charge in [-0.15, -0.1) is 0 Å². The molecule has 0 radical (unpaired) electrons. The van der Waals surface area contributed by atoms with Crippen molar-refractivity contribution < 1.29 is 0 Å². The van der Waals surface area contributed by atoms with Crippen LogP contribution in [0.4, 0.5) is 0 Å². The zero-order valence-electron chi connectivity index (χ0n) is 11.9. The van der Waals surface area contributed by atoms with E-state index in [4.69, 9.17) is 0 Å². The van der Waals surface area contributed by atoms with Gasteiger partial charge in [-0.3, -0.25) is 0 Å². The summed E-state index contributed by atoms with van der Waals surface area (Å²) < 4.78 is 0. The molecule has 0 heterocycles. The first-order valence-electron chi connectivity index (χ1n) is 7.72. The predicted octanol–water partition coefficient (Wildman–Crippen LogP) is 6.28. The molecule has 1 aliphatic carbocycles. The first kappa shape index (κ1) is 10.8. The average Bonchev–Trinajstić information content (AvgIpc) is 2.92. The fourth-order valence-corrected chi connectivity index (χ4v) is 4.23. The number of fused-ring (bicyclic) bond motifs is 3. The van der Waals surface area contributed by atoms with Crippen LogP contribution in [0.1, 0.15) is 0 Å². The maximum absolute atomic E-state index is 2.37. The van der Waals surface area contributed by atoms with E-state index in [1.165, 1.54) is 54.2 Å². The van der Waals surface area contributed by atoms with E-state index in [-0.39, 0.29) is 0 Å². The van der Waals surface area contributed by atoms with Gasteiger partial charge in [0.15, 0.2) is 0 Å². The first-order chi connectivity index (χ1) is 10.9. The Labute approximate surface area is 127 Å². The molecule has 0 heteroatoms. The van der Waals surface area contributed by atoms with E-state index < -0.39 is 0 Å². The molecule has 1 aliphatic rings. The fourth-order valence-electron chi connectivity index (χ4n) is 4.23. The van der Waals surface area contributed by atoms with Crippen molar-refractivity contribution >= 4 is 43.1 Å². The van der Waals surface area contributed by atoms with Gasteiger partial charge in [0.05, 0.1) is 0 Å². The molecule has 0 nitrogen and oxygen atoms in total. The second kappa shape index (κ2) is 3.48. The molecule has 0 fully saturated rings. The van der Waals surface area contributed by atoms with Crippen LogP contribution in [0.2, 0.25) is 0 Å². The van der Waals surface area contributed by atoms with Crippen molar-refractivity contribution in [2.24, 2.45) is 0 Å². The number of benzene rings is 5. The molecule has 0 spiro atoms. The van der Waals surface area contributed by atoms with E-state index in [0.29, 0.717) is 0 Å². The van der Waals surface area contributed by atoms with Gasteiger partial charge in [0.1, 0.15) is 0 Å². The summed E-state index contributed by atoms with van der Waals surface area (Å²) in [6, 6.07) is 26.8. The molecule has 0 saturated heterocycles. The minimum atomic E-state index is 1.33. The van der Waals surface area contributed by atoms with Crippen molar-refractivity contribution in [3.05, 3.63) is 72.8 Å². The lowest BCUT2D eigenvalue weighted by atomic mass is 9.96. The van der Waals surface area contributed by atoms with Crippen LogP contribution in [0.5, 0.6) is 0 Å². The molecule has 100 valence electrons. The van der Waals surface area contributed by atoms with Gasteiger partial charge in [-0.25, -0.2) is 0 Å². The molecule has 0 aliphatic heterocycles. The minimum Gasteiger partial charge on any atom is -0.0616 e. The molecule has 0 N–H and O–H groups in total. The Kier molecular flexibility index (Phi) is 1.71. The maximum atomic E-state index is 2.37. The Morgan fingerprint density at radius 3 is 2.14 bits per heavy atom. The van der Waals surface area contributed by atoms with Gasteiger partial charge in [0, 0.05) is 0 Å². The molecular formula is C22H12. The molecule has 5 aromatic carbocycles. The van der Waals surface area contributed by atoms with Crippen LogP contribution < -0.4 is 0 Å². The lowest BCUT2D eigenvalue weighted by Gasteiger charge is -2.08. The molecule has 0 amide bonds. The predicted molar refractivity (Wildman–Crippen MR) is 95.5 cm³/mol. The Balaban J connectivity index is 2.07. The molecule has 0 atom stereocenters. The first-order valence-corrected chi connectivity index (χ1v) is 7.72. The van der Waals surface area contributed by atoms with Crippen molar-refractivity contribution in [2.75, 3.05) is 0 Å². The van der Waals surface area contributed by atoms with Crippen molar-refractivity contribution in [1.82, 2.24) is 0 Å². The summed E-state index contributed by atoms with van der Waals surface area (Å²) in [5, 5.41) is 11.1. The number of rotatable bonds is 0. The molecule has 6 rings (SSSR count). The average molecular weight is 276 g/mol. The molecule has 0 bridgehead atoms. The summed E-state index contributed by atoms with van der Waals surface area (Å²) in [7, 11) is 0. The quantitative estimate of drug-likeness (QED) is 0.286. The van der Waals surface area contributed by atoms with E-state index in [9.17, 15) is 0 Å². The van der Waals surface area contributed by atoms with Gasteiger partial charge in [-0.1, -0.05) is 66.7 Å². The Morgan fingerprint density at radius 1 is 0.409 bits per heavy atom. The Bertz CT molecular complexity index is 1260. The van der Waals surface area contributed by atoms with E-state index in [1.54, 1.807) is 0 Å². The normalized spacial score (nSPS) is 12.5. The maximum Gasteiger partial charge on any atom is -0.00137 e. The molecule has 22 heavy (non-hydrogen) atoms. The molecule has 5 aromatic rings. The summed E-state index contributed by atoms with van der Waals surface area (Å²) in [6.45, 7) is 0. The SMILES string of the molecule is c1ccc2c(c1)cc1c3c2ccc2ccc4cccc-1c4c23. The Hall–Kier alpha value is -2.86. The molecule has 0 unspecified atom stereocenters. The molecule has 0 saturated carbocycles. The summed E-state index contributed by atoms with van der Waals surface area (Å²) in [6.07, 6.45) is 0. The second-order valence-corrected chi connectivity index (χ2v) is 6.20. The highest BCUT2D eigenvalue weighted by atomic mass is 14.2. The van der Waals surface area contributed by atoms with E-state index in [1.807, 2.05) is 0 Å². The fraction of sp³-hybridized carbons (Fsp3) is 0. The van der Waals surface area contributed by atoms with Crippen LogP contribution in [-0.2, 0) is 0 Å². The molecule has 0 aromatic heterocycles. The Morgan fingerprint density at radius 2 is 1.18 bits per heavy atom. The van der Waals surface area contributed by atoms with Crippen LogP contribution in [0, 0.1) is 0 Å². The lowest BCUT2D eigenvalue weighted by molar-refractivity contribution is 1.77. The van der Waals surface area contributed by atoms with Crippen molar-refractivity contribution in [3.8, 4) is 11.1 Å². The summed E-state index contributed by atoms with van der Waals surface area (Å²) in [5.74, 6) is 0. The molecular weight excluding hydrogens is 264 g/mol. The van der Waals surface area contributed by atoms with Crippen LogP contribution in [0.3, 0.4) is 0 Å². The minimum absolute atomic E-state index is 1.33. The van der Waals surface area contributed by atoms with E-state index in [2.05, 4.69) is 72.8 Å². The van der Waals surface area contributed by atoms with Crippen molar-refractivity contribution in [1.29, 1.82) is 0 Å². The third-order valence-corrected chi connectivity index (χ3v) is 5.14. The standard InChI is InChI=1S/C22H12/c1-2-6-16-15(4-1)12-19-17-7-3-5-13-8-9-14-10-11-18(16)22(19)21(14)20(13)17/h1-12H. The van der Waals surface area contributed by atoms with E-state index in [0.717, 1.165) is 0 Å². The highest BCUT2D eigenvalue weighted by molar-refractivity contribution is 6.36. The third-order valence-electron chi connectivity index (χ3n) is 5.14. The number of hydrogen-bond donors (Lipinski definition) is 0. The summed E-state index contributed by atoms with van der Waals surface area (Å²) >= 11 is 0. The monoisotopic (exact) mass is 276 g/mol. The zero-order valence-corrected chi connectivity index (χ0v) is 11.9. The lowest BCUT2D eigenvalue weighted by Crippen LogP contribution is -1.80. The van der Waals surface area contributed by atoms with Gasteiger partial charge in [-0.2, -0.15) is 0 Å². The second-order valence-electron chi connectivity index (χ2n) is 6.20. The topological polar surface area (TPSA) is 0 Å². The van der Waals surface area contributed by atoms with Crippen molar-refractivity contribution in [2.45, 2.75) is 0 Å². The number of hydrogen-bond acceptors (Lipinski definition) is 0.